The first kappa shape index (κ1) is 13.9. The fourth-order valence-corrected chi connectivity index (χ4v) is 2.85. The van der Waals surface area contributed by atoms with E-state index < -0.39 is 5.97 Å². The van der Waals surface area contributed by atoms with Crippen molar-refractivity contribution < 1.29 is 14.9 Å². The van der Waals surface area contributed by atoms with Crippen LogP contribution < -0.4 is 10.1 Å². The second-order valence-corrected chi connectivity index (χ2v) is 5.80. The van der Waals surface area contributed by atoms with Gasteiger partial charge in [0.05, 0.1) is 11.0 Å². The number of hydrogen-bond acceptors (Lipinski definition) is 4. The summed E-state index contributed by atoms with van der Waals surface area (Å²) < 4.78 is 0. The summed E-state index contributed by atoms with van der Waals surface area (Å²) in [7, 11) is 0. The number of pyridine rings is 1. The number of aromatic carboxylic acids is 1. The number of halogens is 1. The van der Waals surface area contributed by atoms with Gasteiger partial charge in [-0.05, 0) is 22.2 Å². The zero-order valence-corrected chi connectivity index (χ0v) is 12.3. The van der Waals surface area contributed by atoms with Crippen molar-refractivity contribution in [2.45, 2.75) is 10.9 Å². The van der Waals surface area contributed by atoms with E-state index in [9.17, 15) is 9.90 Å². The molecule has 3 rings (SSSR count). The maximum absolute atomic E-state index is 10.7. The van der Waals surface area contributed by atoms with Crippen LogP contribution in [0, 0.1) is 0 Å². The predicted octanol–water partition coefficient (Wildman–Crippen LogP) is 1.69. The van der Waals surface area contributed by atoms with Gasteiger partial charge < -0.3 is 14.9 Å². The summed E-state index contributed by atoms with van der Waals surface area (Å²) in [6.07, 6.45) is 1.68. The molecule has 0 saturated carbocycles. The number of fused-ring (bicyclic) bond motifs is 1. The third kappa shape index (κ3) is 3.17. The summed E-state index contributed by atoms with van der Waals surface area (Å²) in [5.74, 6) is -0.486. The molecule has 106 valence electrons. The predicted molar refractivity (Wildman–Crippen MR) is 78.0 cm³/mol. The molecule has 7 heteroatoms. The number of carbonyl (C=O) groups is 1. The number of benzene rings is 1. The first-order valence-corrected chi connectivity index (χ1v) is 7.48. The van der Waals surface area contributed by atoms with Gasteiger partial charge in [-0.25, -0.2) is 4.98 Å². The number of carbonyl (C=O) groups excluding carboxylic acids is 1. The molecule has 2 aromatic heterocycles. The number of nitrogens with one attached hydrogen (secondary N) is 2. The minimum atomic E-state index is -1.17. The Labute approximate surface area is 129 Å². The van der Waals surface area contributed by atoms with Gasteiger partial charge in [0.1, 0.15) is 11.7 Å². The Morgan fingerprint density at radius 1 is 1.38 bits per heavy atom. The van der Waals surface area contributed by atoms with Gasteiger partial charge in [0.15, 0.2) is 0 Å². The number of hydrogen-bond donors (Lipinski definition) is 1. The number of imidazole rings is 1. The molecule has 0 bridgehead atoms. The van der Waals surface area contributed by atoms with E-state index in [0.717, 1.165) is 21.9 Å². The number of aromatic amines is 2. The fourth-order valence-electron chi connectivity index (χ4n) is 1.85. The van der Waals surface area contributed by atoms with E-state index in [0.29, 0.717) is 10.8 Å². The molecular formula is C14H10ClN3O2S. The molecule has 0 atom stereocenters. The number of carboxylic acid groups (broad SMARTS) is 1. The highest BCUT2D eigenvalue weighted by Gasteiger charge is 2.13. The molecule has 5 nitrogen and oxygen atoms in total. The Morgan fingerprint density at radius 3 is 2.86 bits per heavy atom. The largest absolute Gasteiger partial charge is 0.545 e. The Morgan fingerprint density at radius 2 is 2.14 bits per heavy atom. The van der Waals surface area contributed by atoms with E-state index in [4.69, 9.17) is 11.6 Å². The number of carboxylic acids is 1. The monoisotopic (exact) mass is 319 g/mol. The topological polar surface area (TPSA) is 82.9 Å². The van der Waals surface area contributed by atoms with Crippen molar-refractivity contribution in [3.05, 3.63) is 52.7 Å². The summed E-state index contributed by atoms with van der Waals surface area (Å²) in [4.78, 5) is 21.2. The molecule has 0 radical (unpaired) electrons. The molecule has 0 aliphatic rings. The van der Waals surface area contributed by atoms with Crippen LogP contribution >= 0.6 is 23.4 Å². The SMILES string of the molecule is O=C([O-])c1ccc(CSc2nc3[nH+]cc(Cl)cc3[nH]2)cc1. The molecule has 0 amide bonds. The Kier molecular flexibility index (Phi) is 3.81. The van der Waals surface area contributed by atoms with Crippen LogP contribution in [0.5, 0.6) is 0 Å². The molecule has 0 fully saturated rings. The van der Waals surface area contributed by atoms with Gasteiger partial charge in [-0.1, -0.05) is 47.6 Å². The third-order valence-corrected chi connectivity index (χ3v) is 4.07. The Balaban J connectivity index is 1.72. The number of rotatable bonds is 4. The second kappa shape index (κ2) is 5.75. The first-order chi connectivity index (χ1) is 10.1. The van der Waals surface area contributed by atoms with E-state index in [2.05, 4.69) is 15.0 Å². The summed E-state index contributed by atoms with van der Waals surface area (Å²) in [5.41, 5.74) is 2.77. The molecule has 0 saturated heterocycles. The molecule has 0 spiro atoms. The molecule has 0 aliphatic heterocycles. The van der Waals surface area contributed by atoms with Crippen LogP contribution in [0.15, 0.2) is 41.7 Å². The van der Waals surface area contributed by atoms with Crippen LogP contribution in [0.25, 0.3) is 11.2 Å². The lowest BCUT2D eigenvalue weighted by Gasteiger charge is -2.03. The minimum Gasteiger partial charge on any atom is -0.545 e. The molecule has 1 aromatic carbocycles. The van der Waals surface area contributed by atoms with E-state index in [1.807, 2.05) is 0 Å². The Bertz CT molecular complexity index is 802. The van der Waals surface area contributed by atoms with Crippen LogP contribution in [-0.2, 0) is 5.75 Å². The molecule has 2 N–H and O–H groups in total. The highest BCUT2D eigenvalue weighted by atomic mass is 35.5. The van der Waals surface area contributed by atoms with Crippen LogP contribution in [0.3, 0.4) is 0 Å². The molecule has 3 aromatic rings. The summed E-state index contributed by atoms with van der Waals surface area (Å²) >= 11 is 7.43. The number of H-pyrrole nitrogens is 2. The zero-order valence-electron chi connectivity index (χ0n) is 10.7. The van der Waals surface area contributed by atoms with E-state index >= 15 is 0 Å². The van der Waals surface area contributed by atoms with Gasteiger partial charge in [0, 0.05) is 5.75 Å². The van der Waals surface area contributed by atoms with Crippen molar-refractivity contribution in [3.63, 3.8) is 0 Å². The lowest BCUT2D eigenvalue weighted by molar-refractivity contribution is -0.347. The van der Waals surface area contributed by atoms with Crippen LogP contribution in [0.4, 0.5) is 0 Å². The maximum Gasteiger partial charge on any atom is 0.347 e. The average molecular weight is 320 g/mol. The van der Waals surface area contributed by atoms with Crippen molar-refractivity contribution >= 4 is 40.5 Å². The van der Waals surface area contributed by atoms with Crippen molar-refractivity contribution in [2.75, 3.05) is 0 Å². The van der Waals surface area contributed by atoms with Gasteiger partial charge in [-0.2, -0.15) is 0 Å². The molecule has 21 heavy (non-hydrogen) atoms. The number of thioether (sulfide) groups is 1. The summed E-state index contributed by atoms with van der Waals surface area (Å²) in [5, 5.41) is 12.1. The lowest BCUT2D eigenvalue weighted by Crippen LogP contribution is -2.21. The number of aromatic nitrogens is 3. The van der Waals surface area contributed by atoms with Crippen molar-refractivity contribution in [3.8, 4) is 0 Å². The Hall–Kier alpha value is -2.05. The van der Waals surface area contributed by atoms with Crippen molar-refractivity contribution in [1.82, 2.24) is 9.97 Å². The quantitative estimate of drug-likeness (QED) is 0.742. The lowest BCUT2D eigenvalue weighted by atomic mass is 10.1. The van der Waals surface area contributed by atoms with E-state index in [-0.39, 0.29) is 5.56 Å². The standard InChI is InChI=1S/C14H10ClN3O2S/c15-10-5-11-12(16-6-10)18-14(17-11)21-7-8-1-3-9(4-2-8)13(19)20/h1-6H,7H2,(H,19,20)(H,16,17,18). The minimum absolute atomic E-state index is 0.178. The van der Waals surface area contributed by atoms with Gasteiger partial charge in [-0.15, -0.1) is 0 Å². The molecule has 0 unspecified atom stereocenters. The molecule has 0 aliphatic carbocycles. The maximum atomic E-state index is 10.7. The van der Waals surface area contributed by atoms with Crippen molar-refractivity contribution in [1.29, 1.82) is 0 Å². The fraction of sp³-hybridized carbons (Fsp3) is 0.0714. The third-order valence-electron chi connectivity index (χ3n) is 2.90. The van der Waals surface area contributed by atoms with E-state index in [1.54, 1.807) is 24.4 Å². The molecular weight excluding hydrogens is 310 g/mol. The van der Waals surface area contributed by atoms with Gasteiger partial charge >= 0.3 is 5.65 Å². The highest BCUT2D eigenvalue weighted by Crippen LogP contribution is 2.22. The second-order valence-electron chi connectivity index (χ2n) is 4.40. The molecule has 2 heterocycles. The summed E-state index contributed by atoms with van der Waals surface area (Å²) in [6.45, 7) is 0. The van der Waals surface area contributed by atoms with Crippen LogP contribution in [0.1, 0.15) is 15.9 Å². The van der Waals surface area contributed by atoms with Gasteiger partial charge in [0.25, 0.3) is 5.16 Å². The van der Waals surface area contributed by atoms with Crippen LogP contribution in [-0.4, -0.2) is 15.9 Å². The zero-order chi connectivity index (χ0) is 14.8. The number of nitrogens with zero attached hydrogens (tertiary/aromatic N) is 1. The van der Waals surface area contributed by atoms with Crippen LogP contribution in [0.2, 0.25) is 5.02 Å². The smallest absolute Gasteiger partial charge is 0.347 e. The van der Waals surface area contributed by atoms with E-state index in [1.165, 1.54) is 23.9 Å². The average Bonchev–Trinajstić information content (AvgIpc) is 2.87. The first-order valence-electron chi connectivity index (χ1n) is 6.12. The summed E-state index contributed by atoms with van der Waals surface area (Å²) in [6, 6.07) is 8.42. The van der Waals surface area contributed by atoms with Gasteiger partial charge in [0.2, 0.25) is 0 Å². The highest BCUT2D eigenvalue weighted by molar-refractivity contribution is 7.98. The van der Waals surface area contributed by atoms with Gasteiger partial charge in [-0.3, -0.25) is 0 Å². The van der Waals surface area contributed by atoms with Crippen molar-refractivity contribution in [2.24, 2.45) is 0 Å². The normalized spacial score (nSPS) is 10.9.